The minimum absolute atomic E-state index is 0.0392. The molecular weight excluding hydrogens is 408 g/mol. The van der Waals surface area contributed by atoms with Gasteiger partial charge in [0.25, 0.3) is 15.9 Å². The van der Waals surface area contributed by atoms with E-state index < -0.39 is 10.0 Å². The summed E-state index contributed by atoms with van der Waals surface area (Å²) in [5.41, 5.74) is 3.00. The molecule has 0 radical (unpaired) electrons. The second kappa shape index (κ2) is 9.79. The summed E-state index contributed by atoms with van der Waals surface area (Å²) in [6, 6.07) is 23.5. The van der Waals surface area contributed by atoms with Gasteiger partial charge in [0.15, 0.2) is 0 Å². The molecule has 3 rings (SSSR count). The Balaban J connectivity index is 1.71. The van der Waals surface area contributed by atoms with Gasteiger partial charge in [0.05, 0.1) is 10.6 Å². The molecular formula is C25H28N2O3S. The van der Waals surface area contributed by atoms with E-state index in [9.17, 15) is 13.2 Å². The van der Waals surface area contributed by atoms with Crippen LogP contribution in [-0.2, 0) is 16.4 Å². The summed E-state index contributed by atoms with van der Waals surface area (Å²) in [6.45, 7) is 3.81. The van der Waals surface area contributed by atoms with E-state index in [-0.39, 0.29) is 16.8 Å². The molecule has 0 bridgehead atoms. The molecule has 5 nitrogen and oxygen atoms in total. The van der Waals surface area contributed by atoms with Crippen LogP contribution in [0.2, 0.25) is 0 Å². The summed E-state index contributed by atoms with van der Waals surface area (Å²) in [5.74, 6) is -0.281. The molecule has 162 valence electrons. The third-order valence-corrected chi connectivity index (χ3v) is 7.06. The molecule has 6 heteroatoms. The lowest BCUT2D eigenvalue weighted by Gasteiger charge is -2.21. The maximum atomic E-state index is 13.1. The van der Waals surface area contributed by atoms with Gasteiger partial charge >= 0.3 is 0 Å². The Morgan fingerprint density at radius 2 is 1.65 bits per heavy atom. The molecule has 0 unspecified atom stereocenters. The zero-order valence-corrected chi connectivity index (χ0v) is 18.9. The maximum Gasteiger partial charge on any atom is 0.264 e. The van der Waals surface area contributed by atoms with Crippen molar-refractivity contribution in [2.24, 2.45) is 0 Å². The molecule has 0 spiro atoms. The van der Waals surface area contributed by atoms with Gasteiger partial charge in [-0.25, -0.2) is 8.42 Å². The summed E-state index contributed by atoms with van der Waals surface area (Å²) in [5, 5.41) is 2.97. The molecule has 0 aromatic heterocycles. The van der Waals surface area contributed by atoms with Crippen LogP contribution < -0.4 is 9.62 Å². The van der Waals surface area contributed by atoms with Crippen molar-refractivity contribution < 1.29 is 13.2 Å². The number of aryl methyl sites for hydroxylation is 2. The summed E-state index contributed by atoms with van der Waals surface area (Å²) >= 11 is 0. The van der Waals surface area contributed by atoms with Crippen molar-refractivity contribution in [1.82, 2.24) is 5.32 Å². The normalized spacial score (nSPS) is 12.2. The second-order valence-electron chi connectivity index (χ2n) is 7.69. The number of benzene rings is 3. The highest BCUT2D eigenvalue weighted by Gasteiger charge is 2.23. The van der Waals surface area contributed by atoms with Crippen molar-refractivity contribution in [2.45, 2.75) is 37.6 Å². The molecule has 0 aliphatic heterocycles. The van der Waals surface area contributed by atoms with Crippen molar-refractivity contribution >= 4 is 21.6 Å². The van der Waals surface area contributed by atoms with Gasteiger partial charge in [-0.05, 0) is 62.1 Å². The summed E-state index contributed by atoms with van der Waals surface area (Å²) in [4.78, 5) is 12.8. The molecule has 0 aliphatic rings. The lowest BCUT2D eigenvalue weighted by Crippen LogP contribution is -2.33. The third kappa shape index (κ3) is 5.52. The van der Waals surface area contributed by atoms with E-state index in [2.05, 4.69) is 17.4 Å². The fraction of sp³-hybridized carbons (Fsp3) is 0.240. The topological polar surface area (TPSA) is 66.5 Å². The van der Waals surface area contributed by atoms with Gasteiger partial charge in [0.2, 0.25) is 0 Å². The Morgan fingerprint density at radius 1 is 0.968 bits per heavy atom. The van der Waals surface area contributed by atoms with Crippen LogP contribution in [0.1, 0.15) is 34.8 Å². The average Bonchev–Trinajstić information content (AvgIpc) is 2.78. The molecule has 1 atom stereocenters. The van der Waals surface area contributed by atoms with E-state index in [4.69, 9.17) is 0 Å². The number of nitrogens with zero attached hydrogens (tertiary/aromatic N) is 1. The van der Waals surface area contributed by atoms with Gasteiger partial charge < -0.3 is 5.32 Å². The number of rotatable bonds is 8. The van der Waals surface area contributed by atoms with Crippen molar-refractivity contribution in [3.8, 4) is 0 Å². The Kier molecular flexibility index (Phi) is 7.13. The summed E-state index contributed by atoms with van der Waals surface area (Å²) < 4.78 is 27.5. The van der Waals surface area contributed by atoms with E-state index in [1.807, 2.05) is 44.2 Å². The Labute approximate surface area is 184 Å². The largest absolute Gasteiger partial charge is 0.350 e. The first-order valence-electron chi connectivity index (χ1n) is 10.3. The van der Waals surface area contributed by atoms with Gasteiger partial charge in [-0.3, -0.25) is 9.10 Å². The number of anilines is 1. The van der Waals surface area contributed by atoms with Crippen molar-refractivity contribution in [3.63, 3.8) is 0 Å². The molecule has 31 heavy (non-hydrogen) atoms. The molecule has 3 aromatic carbocycles. The van der Waals surface area contributed by atoms with E-state index in [1.54, 1.807) is 24.3 Å². The highest BCUT2D eigenvalue weighted by Crippen LogP contribution is 2.25. The second-order valence-corrected chi connectivity index (χ2v) is 9.65. The minimum Gasteiger partial charge on any atom is -0.350 e. The fourth-order valence-electron chi connectivity index (χ4n) is 3.41. The van der Waals surface area contributed by atoms with E-state index in [0.29, 0.717) is 11.3 Å². The number of hydrogen-bond acceptors (Lipinski definition) is 3. The number of para-hydroxylation sites is 1. The van der Waals surface area contributed by atoms with E-state index in [0.717, 1.165) is 18.4 Å². The number of nitrogens with one attached hydrogen (secondary N) is 1. The zero-order chi connectivity index (χ0) is 22.4. The van der Waals surface area contributed by atoms with E-state index in [1.165, 1.54) is 29.0 Å². The average molecular weight is 437 g/mol. The van der Waals surface area contributed by atoms with Crippen LogP contribution in [0.25, 0.3) is 0 Å². The van der Waals surface area contributed by atoms with Crippen LogP contribution >= 0.6 is 0 Å². The molecule has 1 amide bonds. The maximum absolute atomic E-state index is 13.1. The van der Waals surface area contributed by atoms with Crippen molar-refractivity contribution in [1.29, 1.82) is 0 Å². The SMILES string of the molecule is Cc1ccccc1N(C)S(=O)(=O)c1cccc(C(=O)N[C@H](C)CCc2ccccc2)c1. The molecule has 3 aromatic rings. The third-order valence-electron chi connectivity index (χ3n) is 5.30. The number of carbonyl (C=O) groups excluding carboxylic acids is 1. The molecule has 0 aliphatic carbocycles. The summed E-state index contributed by atoms with van der Waals surface area (Å²) in [6.07, 6.45) is 1.65. The molecule has 0 saturated carbocycles. The Hall–Kier alpha value is -3.12. The number of carbonyl (C=O) groups is 1. The number of amides is 1. The lowest BCUT2D eigenvalue weighted by atomic mass is 10.1. The van der Waals surface area contributed by atoms with Crippen LogP contribution in [0.4, 0.5) is 5.69 Å². The zero-order valence-electron chi connectivity index (χ0n) is 18.1. The Bertz CT molecular complexity index is 1140. The van der Waals surface area contributed by atoms with Crippen LogP contribution in [-0.4, -0.2) is 27.4 Å². The lowest BCUT2D eigenvalue weighted by molar-refractivity contribution is 0.0938. The Morgan fingerprint density at radius 3 is 2.35 bits per heavy atom. The summed E-state index contributed by atoms with van der Waals surface area (Å²) in [7, 11) is -2.27. The van der Waals surface area contributed by atoms with E-state index >= 15 is 0 Å². The van der Waals surface area contributed by atoms with Gasteiger partial charge in [-0.2, -0.15) is 0 Å². The highest BCUT2D eigenvalue weighted by molar-refractivity contribution is 7.92. The van der Waals surface area contributed by atoms with Gasteiger partial charge in [0, 0.05) is 18.7 Å². The fourth-order valence-corrected chi connectivity index (χ4v) is 4.72. The molecule has 0 heterocycles. The first kappa shape index (κ1) is 22.6. The van der Waals surface area contributed by atoms with Gasteiger partial charge in [-0.15, -0.1) is 0 Å². The smallest absolute Gasteiger partial charge is 0.264 e. The van der Waals surface area contributed by atoms with Crippen LogP contribution in [0.3, 0.4) is 0 Å². The first-order valence-corrected chi connectivity index (χ1v) is 11.7. The minimum atomic E-state index is -3.79. The highest BCUT2D eigenvalue weighted by atomic mass is 32.2. The van der Waals surface area contributed by atoms with Gasteiger partial charge in [0.1, 0.15) is 0 Å². The van der Waals surface area contributed by atoms with Crippen molar-refractivity contribution in [3.05, 3.63) is 95.6 Å². The predicted molar refractivity (Wildman–Crippen MR) is 125 cm³/mol. The monoisotopic (exact) mass is 436 g/mol. The predicted octanol–water partition coefficient (Wildman–Crippen LogP) is 4.57. The van der Waals surface area contributed by atoms with Gasteiger partial charge in [-0.1, -0.05) is 54.6 Å². The quantitative estimate of drug-likeness (QED) is 0.562. The van der Waals surface area contributed by atoms with Crippen LogP contribution in [0, 0.1) is 6.92 Å². The number of sulfonamides is 1. The van der Waals surface area contributed by atoms with Crippen LogP contribution in [0.5, 0.6) is 0 Å². The standard InChI is InChI=1S/C25H28N2O3S/c1-19-10-7-8-15-24(19)27(3)31(29,30)23-14-9-13-22(18-23)25(28)26-20(2)16-17-21-11-5-4-6-12-21/h4-15,18,20H,16-17H2,1-3H3,(H,26,28)/t20-/m1/s1. The molecule has 0 fully saturated rings. The molecule has 1 N–H and O–H groups in total. The van der Waals surface area contributed by atoms with Crippen molar-refractivity contribution in [2.75, 3.05) is 11.4 Å². The van der Waals surface area contributed by atoms with Crippen LogP contribution in [0.15, 0.2) is 83.8 Å². The number of hydrogen-bond donors (Lipinski definition) is 1. The first-order chi connectivity index (χ1) is 14.8. The molecule has 0 saturated heterocycles.